The highest BCUT2D eigenvalue weighted by Crippen LogP contribution is 2.12. The molecule has 0 aliphatic heterocycles. The summed E-state index contributed by atoms with van der Waals surface area (Å²) in [4.78, 5) is 23.4. The van der Waals surface area contributed by atoms with E-state index in [2.05, 4.69) is 12.2 Å². The van der Waals surface area contributed by atoms with Crippen LogP contribution in [0.25, 0.3) is 0 Å². The minimum Gasteiger partial charge on any atom is -0.391 e. The van der Waals surface area contributed by atoms with Gasteiger partial charge in [0.25, 0.3) is 0 Å². The van der Waals surface area contributed by atoms with E-state index in [0.29, 0.717) is 12.8 Å². The third-order valence-electron chi connectivity index (χ3n) is 4.55. The second-order valence-corrected chi connectivity index (χ2v) is 6.95. The highest BCUT2D eigenvalue weighted by atomic mass is 16.3. The summed E-state index contributed by atoms with van der Waals surface area (Å²) in [6.45, 7) is 2.15. The molecule has 4 N–H and O–H groups in total. The summed E-state index contributed by atoms with van der Waals surface area (Å²) in [6, 6.07) is 9.44. The molecule has 0 saturated carbocycles. The highest BCUT2D eigenvalue weighted by Gasteiger charge is 2.22. The zero-order valence-electron chi connectivity index (χ0n) is 16.0. The summed E-state index contributed by atoms with van der Waals surface area (Å²) < 4.78 is 0. The van der Waals surface area contributed by atoms with Gasteiger partial charge in [-0.15, -0.1) is 0 Å². The number of nitrogens with one attached hydrogen (secondary N) is 1. The van der Waals surface area contributed by atoms with Gasteiger partial charge in [0.05, 0.1) is 12.1 Å². The molecule has 0 heterocycles. The van der Waals surface area contributed by atoms with Crippen LogP contribution in [0.4, 0.5) is 0 Å². The monoisotopic (exact) mass is 362 g/mol. The van der Waals surface area contributed by atoms with Crippen LogP contribution in [0.5, 0.6) is 0 Å². The summed E-state index contributed by atoms with van der Waals surface area (Å²) >= 11 is 0. The molecule has 0 saturated heterocycles. The molecule has 1 aromatic carbocycles. The van der Waals surface area contributed by atoms with Gasteiger partial charge in [-0.3, -0.25) is 9.59 Å². The number of primary amides is 1. The Hall–Kier alpha value is -1.88. The van der Waals surface area contributed by atoms with Crippen LogP contribution in [-0.4, -0.2) is 29.1 Å². The highest BCUT2D eigenvalue weighted by molar-refractivity contribution is 5.78. The third-order valence-corrected chi connectivity index (χ3v) is 4.55. The predicted octanol–water partition coefficient (Wildman–Crippen LogP) is 3.09. The van der Waals surface area contributed by atoms with E-state index in [4.69, 9.17) is 5.73 Å². The van der Waals surface area contributed by atoms with E-state index in [-0.39, 0.29) is 12.3 Å². The molecule has 0 spiro atoms. The SMILES string of the molecule is CCCCCCCC(=O)N[C@H](CC(N)=O)[C@@H](O)CCCc1ccccc1. The lowest BCUT2D eigenvalue weighted by Crippen LogP contribution is -2.45. The second-order valence-electron chi connectivity index (χ2n) is 6.95. The second kappa shape index (κ2) is 13.3. The molecule has 0 bridgehead atoms. The van der Waals surface area contributed by atoms with Crippen molar-refractivity contribution in [3.05, 3.63) is 35.9 Å². The molecule has 0 aromatic heterocycles. The fourth-order valence-electron chi connectivity index (χ4n) is 3.03. The molecule has 26 heavy (non-hydrogen) atoms. The average molecular weight is 363 g/mol. The van der Waals surface area contributed by atoms with Crippen molar-refractivity contribution >= 4 is 11.8 Å². The van der Waals surface area contributed by atoms with E-state index in [1.807, 2.05) is 30.3 Å². The van der Waals surface area contributed by atoms with E-state index in [1.54, 1.807) is 0 Å². The Labute approximate surface area is 157 Å². The van der Waals surface area contributed by atoms with Crippen molar-refractivity contribution in [1.29, 1.82) is 0 Å². The fraction of sp³-hybridized carbons (Fsp3) is 0.619. The Morgan fingerprint density at radius 3 is 2.42 bits per heavy atom. The van der Waals surface area contributed by atoms with Crippen LogP contribution in [0.15, 0.2) is 30.3 Å². The lowest BCUT2D eigenvalue weighted by atomic mass is 9.99. The molecule has 1 rings (SSSR count). The third kappa shape index (κ3) is 10.2. The number of hydrogen-bond donors (Lipinski definition) is 3. The van der Waals surface area contributed by atoms with Crippen LogP contribution in [0.2, 0.25) is 0 Å². The summed E-state index contributed by atoms with van der Waals surface area (Å²) in [5, 5.41) is 13.2. The first kappa shape index (κ1) is 22.2. The maximum absolute atomic E-state index is 12.1. The van der Waals surface area contributed by atoms with Gasteiger partial charge in [0.2, 0.25) is 11.8 Å². The Kier molecular flexibility index (Phi) is 11.4. The van der Waals surface area contributed by atoms with Crippen molar-refractivity contribution in [2.75, 3.05) is 0 Å². The van der Waals surface area contributed by atoms with Gasteiger partial charge in [-0.05, 0) is 31.2 Å². The molecule has 0 aliphatic rings. The zero-order chi connectivity index (χ0) is 19.2. The van der Waals surface area contributed by atoms with Crippen molar-refractivity contribution in [3.63, 3.8) is 0 Å². The lowest BCUT2D eigenvalue weighted by molar-refractivity contribution is -0.124. The topological polar surface area (TPSA) is 92.4 Å². The van der Waals surface area contributed by atoms with Crippen molar-refractivity contribution in [3.8, 4) is 0 Å². The number of unbranched alkanes of at least 4 members (excludes halogenated alkanes) is 4. The van der Waals surface area contributed by atoms with Crippen LogP contribution in [0.3, 0.4) is 0 Å². The van der Waals surface area contributed by atoms with Crippen LogP contribution in [0, 0.1) is 0 Å². The number of nitrogens with two attached hydrogens (primary N) is 1. The predicted molar refractivity (Wildman–Crippen MR) is 105 cm³/mol. The number of aryl methyl sites for hydroxylation is 1. The Morgan fingerprint density at radius 2 is 1.77 bits per heavy atom. The maximum Gasteiger partial charge on any atom is 0.220 e. The number of carbonyl (C=O) groups excluding carboxylic acids is 2. The molecule has 2 atom stereocenters. The van der Waals surface area contributed by atoms with Crippen molar-refractivity contribution in [2.45, 2.75) is 83.3 Å². The van der Waals surface area contributed by atoms with Gasteiger partial charge in [0.1, 0.15) is 0 Å². The molecule has 0 radical (unpaired) electrons. The zero-order valence-corrected chi connectivity index (χ0v) is 16.0. The Morgan fingerprint density at radius 1 is 1.08 bits per heavy atom. The van der Waals surface area contributed by atoms with E-state index in [0.717, 1.165) is 32.1 Å². The molecule has 0 unspecified atom stereocenters. The van der Waals surface area contributed by atoms with Crippen molar-refractivity contribution < 1.29 is 14.7 Å². The summed E-state index contributed by atoms with van der Waals surface area (Å²) in [5.41, 5.74) is 6.49. The van der Waals surface area contributed by atoms with Gasteiger partial charge in [0.15, 0.2) is 0 Å². The van der Waals surface area contributed by atoms with Gasteiger partial charge in [-0.1, -0.05) is 62.9 Å². The normalized spacial score (nSPS) is 13.2. The number of aliphatic hydroxyl groups is 1. The minimum absolute atomic E-state index is 0.0337. The van der Waals surface area contributed by atoms with Gasteiger partial charge in [-0.25, -0.2) is 0 Å². The molecule has 146 valence electrons. The first-order valence-electron chi connectivity index (χ1n) is 9.82. The number of aliphatic hydroxyl groups excluding tert-OH is 1. The number of rotatable bonds is 14. The molecule has 0 fully saturated rings. The molecular weight excluding hydrogens is 328 g/mol. The maximum atomic E-state index is 12.1. The molecule has 1 aromatic rings. The molecule has 5 heteroatoms. The van der Waals surface area contributed by atoms with E-state index < -0.39 is 18.1 Å². The number of amides is 2. The number of carbonyl (C=O) groups is 2. The van der Waals surface area contributed by atoms with E-state index in [1.165, 1.54) is 18.4 Å². The van der Waals surface area contributed by atoms with Gasteiger partial charge in [-0.2, -0.15) is 0 Å². The van der Waals surface area contributed by atoms with Gasteiger partial charge in [0, 0.05) is 12.8 Å². The molecular formula is C21H34N2O3. The first-order chi connectivity index (χ1) is 12.5. The van der Waals surface area contributed by atoms with E-state index >= 15 is 0 Å². The molecule has 0 aliphatic carbocycles. The van der Waals surface area contributed by atoms with Crippen LogP contribution < -0.4 is 11.1 Å². The molecule has 5 nitrogen and oxygen atoms in total. The van der Waals surface area contributed by atoms with Gasteiger partial charge >= 0.3 is 0 Å². The van der Waals surface area contributed by atoms with E-state index in [9.17, 15) is 14.7 Å². The van der Waals surface area contributed by atoms with Crippen LogP contribution >= 0.6 is 0 Å². The van der Waals surface area contributed by atoms with Gasteiger partial charge < -0.3 is 16.2 Å². The van der Waals surface area contributed by atoms with Crippen LogP contribution in [-0.2, 0) is 16.0 Å². The Bertz CT molecular complexity index is 519. The number of hydrogen-bond acceptors (Lipinski definition) is 3. The number of benzene rings is 1. The quantitative estimate of drug-likeness (QED) is 0.444. The summed E-state index contributed by atoms with van der Waals surface area (Å²) in [6.07, 6.45) is 7.13. The summed E-state index contributed by atoms with van der Waals surface area (Å²) in [7, 11) is 0. The standard InChI is InChI=1S/C21H34N2O3/c1-2-3-4-5-9-15-21(26)23-18(16-20(22)25)19(24)14-10-13-17-11-7-6-8-12-17/h6-8,11-12,18-19,24H,2-5,9-10,13-16H2,1H3,(H2,22,25)(H,23,26)/t18-,19+/m1/s1. The fourth-order valence-corrected chi connectivity index (χ4v) is 3.03. The summed E-state index contributed by atoms with van der Waals surface area (Å²) in [5.74, 6) is -0.629. The van der Waals surface area contributed by atoms with Crippen LogP contribution in [0.1, 0.15) is 70.3 Å². The Balaban J connectivity index is 2.38. The smallest absolute Gasteiger partial charge is 0.220 e. The lowest BCUT2D eigenvalue weighted by Gasteiger charge is -2.23. The van der Waals surface area contributed by atoms with Crippen molar-refractivity contribution in [1.82, 2.24) is 5.32 Å². The largest absolute Gasteiger partial charge is 0.391 e. The first-order valence-corrected chi connectivity index (χ1v) is 9.82. The average Bonchev–Trinajstić information content (AvgIpc) is 2.61. The minimum atomic E-state index is -0.768. The molecule has 2 amide bonds. The van der Waals surface area contributed by atoms with Crippen molar-refractivity contribution in [2.24, 2.45) is 5.73 Å².